The van der Waals surface area contributed by atoms with E-state index < -0.39 is 0 Å². The van der Waals surface area contributed by atoms with E-state index >= 15 is 0 Å². The Balaban J connectivity index is 2.18. The lowest BCUT2D eigenvalue weighted by Crippen LogP contribution is -2.12. The molecule has 0 bridgehead atoms. The maximum Gasteiger partial charge on any atom is 0.272 e. The molecule has 2 N–H and O–H groups in total. The number of nitrogens with one attached hydrogen (secondary N) is 2. The summed E-state index contributed by atoms with van der Waals surface area (Å²) < 4.78 is 0.818. The van der Waals surface area contributed by atoms with Crippen LogP contribution in [0.4, 0.5) is 5.69 Å². The Hall–Kier alpha value is -1.88. The molecule has 0 spiro atoms. The minimum absolute atomic E-state index is 0.285. The maximum absolute atomic E-state index is 11.9. The molecule has 4 nitrogen and oxygen atoms in total. The highest BCUT2D eigenvalue weighted by molar-refractivity contribution is 9.10. The van der Waals surface area contributed by atoms with Crippen molar-refractivity contribution in [1.82, 2.24) is 4.98 Å². The van der Waals surface area contributed by atoms with Gasteiger partial charge in [-0.25, -0.2) is 0 Å². The third-order valence-corrected chi connectivity index (χ3v) is 3.11. The number of carbonyl (C=O) groups excluding carboxylic acids is 2. The number of hydrogen-bond acceptors (Lipinski definition) is 2. The lowest BCUT2D eigenvalue weighted by molar-refractivity contribution is 0.102. The third-order valence-electron chi connectivity index (χ3n) is 2.46. The molecule has 0 fully saturated rings. The van der Waals surface area contributed by atoms with Gasteiger partial charge in [0.1, 0.15) is 5.69 Å². The van der Waals surface area contributed by atoms with Crippen LogP contribution in [0.5, 0.6) is 0 Å². The number of H-pyrrole nitrogens is 1. The number of hydrogen-bond donors (Lipinski definition) is 2. The molecule has 5 heteroatoms. The summed E-state index contributed by atoms with van der Waals surface area (Å²) in [4.78, 5) is 25.2. The van der Waals surface area contributed by atoms with Crippen LogP contribution in [0.1, 0.15) is 26.4 Å². The van der Waals surface area contributed by atoms with Crippen molar-refractivity contribution >= 4 is 33.8 Å². The average molecular weight is 307 g/mol. The fourth-order valence-corrected chi connectivity index (χ4v) is 2.11. The number of anilines is 1. The Morgan fingerprint density at radius 2 is 2.17 bits per heavy atom. The largest absolute Gasteiger partial charge is 0.356 e. The number of benzene rings is 1. The van der Waals surface area contributed by atoms with E-state index in [4.69, 9.17) is 0 Å². The molecular weight excluding hydrogens is 296 g/mol. The van der Waals surface area contributed by atoms with E-state index in [1.54, 1.807) is 0 Å². The van der Waals surface area contributed by atoms with E-state index in [9.17, 15) is 9.59 Å². The SMILES string of the molecule is Cc1ccc(NC(=O)c2cc(C=O)c[nH]2)c(Br)c1. The first-order chi connectivity index (χ1) is 8.60. The van der Waals surface area contributed by atoms with Crippen LogP contribution >= 0.6 is 15.9 Å². The van der Waals surface area contributed by atoms with Crippen LogP contribution in [0.3, 0.4) is 0 Å². The highest BCUT2D eigenvalue weighted by Gasteiger charge is 2.10. The zero-order chi connectivity index (χ0) is 13.1. The van der Waals surface area contributed by atoms with Gasteiger partial charge < -0.3 is 10.3 Å². The second kappa shape index (κ2) is 5.18. The van der Waals surface area contributed by atoms with E-state index in [-0.39, 0.29) is 5.91 Å². The van der Waals surface area contributed by atoms with Crippen molar-refractivity contribution < 1.29 is 9.59 Å². The highest BCUT2D eigenvalue weighted by atomic mass is 79.9. The third kappa shape index (κ3) is 2.68. The Bertz CT molecular complexity index is 605. The highest BCUT2D eigenvalue weighted by Crippen LogP contribution is 2.23. The molecule has 2 rings (SSSR count). The number of aromatic nitrogens is 1. The van der Waals surface area contributed by atoms with Gasteiger partial charge in [-0.3, -0.25) is 9.59 Å². The second-order valence-corrected chi connectivity index (χ2v) is 4.76. The molecule has 0 aliphatic rings. The van der Waals surface area contributed by atoms with E-state index in [0.717, 1.165) is 10.0 Å². The van der Waals surface area contributed by atoms with Crippen molar-refractivity contribution in [3.8, 4) is 0 Å². The number of aromatic amines is 1. The summed E-state index contributed by atoms with van der Waals surface area (Å²) in [6.07, 6.45) is 2.18. The first-order valence-corrected chi connectivity index (χ1v) is 6.10. The number of rotatable bonds is 3. The van der Waals surface area contributed by atoms with E-state index in [0.29, 0.717) is 23.2 Å². The van der Waals surface area contributed by atoms with Gasteiger partial charge in [0, 0.05) is 16.2 Å². The molecule has 1 heterocycles. The van der Waals surface area contributed by atoms with Gasteiger partial charge in [-0.05, 0) is 46.6 Å². The fourth-order valence-electron chi connectivity index (χ4n) is 1.52. The number of amides is 1. The first-order valence-electron chi connectivity index (χ1n) is 5.31. The van der Waals surface area contributed by atoms with E-state index in [1.807, 2.05) is 25.1 Å². The number of halogens is 1. The molecule has 1 aromatic heterocycles. The van der Waals surface area contributed by atoms with Crippen LogP contribution in [-0.2, 0) is 0 Å². The Kier molecular flexibility index (Phi) is 3.62. The molecule has 1 aromatic carbocycles. The zero-order valence-corrected chi connectivity index (χ0v) is 11.2. The lowest BCUT2D eigenvalue weighted by atomic mass is 10.2. The smallest absolute Gasteiger partial charge is 0.272 e. The Morgan fingerprint density at radius 3 is 2.78 bits per heavy atom. The zero-order valence-electron chi connectivity index (χ0n) is 9.66. The summed E-state index contributed by atoms with van der Waals surface area (Å²) in [6.45, 7) is 1.97. The summed E-state index contributed by atoms with van der Waals surface area (Å²) in [6, 6.07) is 7.15. The van der Waals surface area contributed by atoms with Crippen LogP contribution in [0.25, 0.3) is 0 Å². The van der Waals surface area contributed by atoms with E-state index in [1.165, 1.54) is 12.3 Å². The molecule has 0 saturated carbocycles. The molecule has 18 heavy (non-hydrogen) atoms. The lowest BCUT2D eigenvalue weighted by Gasteiger charge is -2.06. The molecule has 2 aromatic rings. The summed E-state index contributed by atoms with van der Waals surface area (Å²) >= 11 is 3.39. The Labute approximate surface area is 113 Å². The summed E-state index contributed by atoms with van der Waals surface area (Å²) in [5, 5.41) is 2.76. The normalized spacial score (nSPS) is 10.1. The van der Waals surface area contributed by atoms with Crippen LogP contribution in [0.15, 0.2) is 34.9 Å². The molecule has 1 amide bonds. The minimum Gasteiger partial charge on any atom is -0.356 e. The second-order valence-electron chi connectivity index (χ2n) is 3.90. The van der Waals surface area contributed by atoms with Gasteiger partial charge >= 0.3 is 0 Å². The van der Waals surface area contributed by atoms with Crippen LogP contribution in [0, 0.1) is 6.92 Å². The summed E-state index contributed by atoms with van der Waals surface area (Å²) in [7, 11) is 0. The van der Waals surface area contributed by atoms with Gasteiger partial charge in [0.25, 0.3) is 5.91 Å². The average Bonchev–Trinajstić information content (AvgIpc) is 2.81. The number of carbonyl (C=O) groups is 2. The Morgan fingerprint density at radius 1 is 1.39 bits per heavy atom. The molecule has 0 atom stereocenters. The van der Waals surface area contributed by atoms with Crippen molar-refractivity contribution in [3.05, 3.63) is 51.8 Å². The number of aldehydes is 1. The molecule has 0 unspecified atom stereocenters. The molecule has 0 saturated heterocycles. The van der Waals surface area contributed by atoms with Gasteiger partial charge in [0.05, 0.1) is 5.69 Å². The minimum atomic E-state index is -0.285. The fraction of sp³-hybridized carbons (Fsp3) is 0.0769. The van der Waals surface area contributed by atoms with Gasteiger partial charge in [-0.15, -0.1) is 0 Å². The quantitative estimate of drug-likeness (QED) is 0.856. The van der Waals surface area contributed by atoms with Crippen molar-refractivity contribution in [2.24, 2.45) is 0 Å². The topological polar surface area (TPSA) is 62.0 Å². The predicted octanol–water partition coefficient (Wildman–Crippen LogP) is 3.15. The van der Waals surface area contributed by atoms with Gasteiger partial charge in [-0.2, -0.15) is 0 Å². The molecular formula is C13H11BrN2O2. The van der Waals surface area contributed by atoms with Gasteiger partial charge in [0.2, 0.25) is 0 Å². The van der Waals surface area contributed by atoms with E-state index in [2.05, 4.69) is 26.2 Å². The molecule has 92 valence electrons. The van der Waals surface area contributed by atoms with Crippen LogP contribution in [-0.4, -0.2) is 17.2 Å². The monoisotopic (exact) mass is 306 g/mol. The molecule has 0 radical (unpaired) electrons. The standard InChI is InChI=1S/C13H11BrN2O2/c1-8-2-3-11(10(14)4-8)16-13(18)12-5-9(7-17)6-15-12/h2-7,15H,1H3,(H,16,18). The van der Waals surface area contributed by atoms with Crippen molar-refractivity contribution in [2.45, 2.75) is 6.92 Å². The van der Waals surface area contributed by atoms with Crippen molar-refractivity contribution in [2.75, 3.05) is 5.32 Å². The van der Waals surface area contributed by atoms with Gasteiger partial charge in [-0.1, -0.05) is 6.07 Å². The van der Waals surface area contributed by atoms with Crippen molar-refractivity contribution in [1.29, 1.82) is 0 Å². The van der Waals surface area contributed by atoms with Gasteiger partial charge in [0.15, 0.2) is 6.29 Å². The van der Waals surface area contributed by atoms with Crippen LogP contribution < -0.4 is 5.32 Å². The summed E-state index contributed by atoms with van der Waals surface area (Å²) in [5.41, 5.74) is 2.59. The first kappa shape index (κ1) is 12.6. The predicted molar refractivity (Wildman–Crippen MR) is 73.0 cm³/mol. The molecule has 0 aliphatic heterocycles. The molecule has 0 aliphatic carbocycles. The van der Waals surface area contributed by atoms with Crippen LogP contribution in [0.2, 0.25) is 0 Å². The maximum atomic E-state index is 11.9. The van der Waals surface area contributed by atoms with Crippen molar-refractivity contribution in [3.63, 3.8) is 0 Å². The summed E-state index contributed by atoms with van der Waals surface area (Å²) in [5.74, 6) is -0.285. The number of aryl methyl sites for hydroxylation is 1.